The zero-order chi connectivity index (χ0) is 13.0. The molecule has 2 aromatic rings. The van der Waals surface area contributed by atoms with Gasteiger partial charge in [0.05, 0.1) is 10.6 Å². The molecule has 0 saturated carbocycles. The number of carbonyl (C=O) groups excluding carboxylic acids is 1. The average Bonchev–Trinajstić information content (AvgIpc) is 2.90. The van der Waals surface area contributed by atoms with Gasteiger partial charge in [0.2, 0.25) is 0 Å². The van der Waals surface area contributed by atoms with E-state index >= 15 is 0 Å². The molecule has 5 heteroatoms. The van der Waals surface area contributed by atoms with E-state index < -0.39 is 0 Å². The molecule has 18 heavy (non-hydrogen) atoms. The summed E-state index contributed by atoms with van der Waals surface area (Å²) in [5.74, 6) is -0.212. The summed E-state index contributed by atoms with van der Waals surface area (Å²) in [6.45, 7) is 1.80. The van der Waals surface area contributed by atoms with Crippen LogP contribution in [0.1, 0.15) is 22.2 Å². The van der Waals surface area contributed by atoms with Gasteiger partial charge >= 0.3 is 0 Å². The van der Waals surface area contributed by atoms with Gasteiger partial charge in [0.1, 0.15) is 0 Å². The van der Waals surface area contributed by atoms with Crippen molar-refractivity contribution in [3.8, 4) is 0 Å². The van der Waals surface area contributed by atoms with Gasteiger partial charge in [-0.15, -0.1) is 11.3 Å². The van der Waals surface area contributed by atoms with Gasteiger partial charge in [-0.2, -0.15) is 5.10 Å². The van der Waals surface area contributed by atoms with Gasteiger partial charge in [-0.05, 0) is 24.4 Å². The molecule has 0 unspecified atom stereocenters. The molecular weight excluding hydrogens is 268 g/mol. The molecule has 0 aliphatic heterocycles. The molecule has 3 nitrogen and oxygen atoms in total. The summed E-state index contributed by atoms with van der Waals surface area (Å²) in [5.41, 5.74) is 3.99. The maximum atomic E-state index is 11.7. The summed E-state index contributed by atoms with van der Waals surface area (Å²) in [6, 6.07) is 10.9. The summed E-state index contributed by atoms with van der Waals surface area (Å²) >= 11 is 7.42. The number of halogens is 1. The zero-order valence-corrected chi connectivity index (χ0v) is 11.3. The first-order chi connectivity index (χ1) is 8.68. The van der Waals surface area contributed by atoms with Crippen LogP contribution in [-0.2, 0) is 0 Å². The van der Waals surface area contributed by atoms with Crippen LogP contribution in [0.2, 0.25) is 5.02 Å². The van der Waals surface area contributed by atoms with E-state index in [-0.39, 0.29) is 5.91 Å². The molecule has 1 heterocycles. The maximum absolute atomic E-state index is 11.7. The SMILES string of the molecule is C/C(=N\NC(=O)c1cccs1)c1ccccc1Cl. The van der Waals surface area contributed by atoms with E-state index in [1.165, 1.54) is 11.3 Å². The highest BCUT2D eigenvalue weighted by Crippen LogP contribution is 2.15. The summed E-state index contributed by atoms with van der Waals surface area (Å²) in [5, 5.41) is 6.51. The van der Waals surface area contributed by atoms with Crippen molar-refractivity contribution in [2.45, 2.75) is 6.92 Å². The molecule has 0 spiro atoms. The Kier molecular flexibility index (Phi) is 4.12. The monoisotopic (exact) mass is 278 g/mol. The Hall–Kier alpha value is -1.65. The Bertz CT molecular complexity index is 578. The Balaban J connectivity index is 2.11. The molecule has 0 aliphatic carbocycles. The second-order valence-corrected chi connectivity index (χ2v) is 4.95. The highest BCUT2D eigenvalue weighted by atomic mass is 35.5. The van der Waals surface area contributed by atoms with Gasteiger partial charge in [0, 0.05) is 10.6 Å². The van der Waals surface area contributed by atoms with Gasteiger partial charge in [-0.1, -0.05) is 35.9 Å². The highest BCUT2D eigenvalue weighted by molar-refractivity contribution is 7.12. The number of thiophene rings is 1. The van der Waals surface area contributed by atoms with Gasteiger partial charge < -0.3 is 0 Å². The van der Waals surface area contributed by atoms with Crippen LogP contribution in [0.25, 0.3) is 0 Å². The standard InChI is InChI=1S/C13H11ClN2OS/c1-9(10-5-2-3-6-11(10)14)15-16-13(17)12-7-4-8-18-12/h2-8H,1H3,(H,16,17)/b15-9+. The molecule has 0 aliphatic rings. The molecular formula is C13H11ClN2OS. The predicted octanol–water partition coefficient (Wildman–Crippen LogP) is 3.56. The van der Waals surface area contributed by atoms with Crippen molar-refractivity contribution < 1.29 is 4.79 Å². The topological polar surface area (TPSA) is 41.5 Å². The number of hydrogen-bond acceptors (Lipinski definition) is 3. The van der Waals surface area contributed by atoms with E-state index in [1.807, 2.05) is 29.6 Å². The van der Waals surface area contributed by atoms with Crippen molar-refractivity contribution in [1.82, 2.24) is 5.43 Å². The van der Waals surface area contributed by atoms with Gasteiger partial charge in [0.25, 0.3) is 5.91 Å². The maximum Gasteiger partial charge on any atom is 0.281 e. The van der Waals surface area contributed by atoms with Crippen molar-refractivity contribution in [2.24, 2.45) is 5.10 Å². The number of amides is 1. The second-order valence-electron chi connectivity index (χ2n) is 3.60. The van der Waals surface area contributed by atoms with Gasteiger partial charge in [-0.3, -0.25) is 4.79 Å². The number of benzene rings is 1. The van der Waals surface area contributed by atoms with Crippen LogP contribution in [0, 0.1) is 0 Å². The molecule has 1 aromatic carbocycles. The Morgan fingerprint density at radius 1 is 1.28 bits per heavy atom. The molecule has 92 valence electrons. The molecule has 0 radical (unpaired) electrons. The molecule has 1 N–H and O–H groups in total. The van der Waals surface area contributed by atoms with Crippen molar-refractivity contribution >= 4 is 34.6 Å². The molecule has 1 aromatic heterocycles. The Morgan fingerprint density at radius 2 is 2.06 bits per heavy atom. The molecule has 0 saturated heterocycles. The van der Waals surface area contributed by atoms with Crippen LogP contribution in [0.3, 0.4) is 0 Å². The lowest BCUT2D eigenvalue weighted by molar-refractivity contribution is 0.0959. The van der Waals surface area contributed by atoms with Crippen LogP contribution in [0.4, 0.5) is 0 Å². The predicted molar refractivity (Wildman–Crippen MR) is 75.4 cm³/mol. The normalized spacial score (nSPS) is 11.3. The largest absolute Gasteiger partial charge is 0.281 e. The number of nitrogens with one attached hydrogen (secondary N) is 1. The van der Waals surface area contributed by atoms with Gasteiger partial charge in [0.15, 0.2) is 0 Å². The van der Waals surface area contributed by atoms with Crippen molar-refractivity contribution in [2.75, 3.05) is 0 Å². The number of nitrogens with zero attached hydrogens (tertiary/aromatic N) is 1. The third-order valence-electron chi connectivity index (χ3n) is 2.33. The van der Waals surface area contributed by atoms with E-state index in [0.29, 0.717) is 15.6 Å². The minimum Gasteiger partial charge on any atom is -0.266 e. The number of rotatable bonds is 3. The van der Waals surface area contributed by atoms with Gasteiger partial charge in [-0.25, -0.2) is 5.43 Å². The fraction of sp³-hybridized carbons (Fsp3) is 0.0769. The molecule has 0 bridgehead atoms. The van der Waals surface area contributed by atoms with Crippen molar-refractivity contribution in [1.29, 1.82) is 0 Å². The first-order valence-corrected chi connectivity index (χ1v) is 6.57. The lowest BCUT2D eigenvalue weighted by atomic mass is 10.1. The van der Waals surface area contributed by atoms with Crippen LogP contribution < -0.4 is 5.43 Å². The zero-order valence-electron chi connectivity index (χ0n) is 9.68. The summed E-state index contributed by atoms with van der Waals surface area (Å²) in [7, 11) is 0. The average molecular weight is 279 g/mol. The fourth-order valence-corrected chi connectivity index (χ4v) is 2.30. The molecule has 2 rings (SSSR count). The second kappa shape index (κ2) is 5.80. The van der Waals surface area contributed by atoms with Crippen molar-refractivity contribution in [3.63, 3.8) is 0 Å². The van der Waals surface area contributed by atoms with E-state index in [4.69, 9.17) is 11.6 Å². The fourth-order valence-electron chi connectivity index (χ4n) is 1.41. The van der Waals surface area contributed by atoms with Crippen LogP contribution in [-0.4, -0.2) is 11.6 Å². The minimum absolute atomic E-state index is 0.212. The number of hydrazone groups is 1. The highest BCUT2D eigenvalue weighted by Gasteiger charge is 2.06. The van der Waals surface area contributed by atoms with Crippen LogP contribution >= 0.6 is 22.9 Å². The lowest BCUT2D eigenvalue weighted by Crippen LogP contribution is -2.18. The van der Waals surface area contributed by atoms with Crippen molar-refractivity contribution in [3.05, 3.63) is 57.2 Å². The van der Waals surface area contributed by atoms with E-state index in [2.05, 4.69) is 10.5 Å². The van der Waals surface area contributed by atoms with Crippen LogP contribution in [0.15, 0.2) is 46.9 Å². The Labute approximate surface area is 114 Å². The molecule has 0 fully saturated rings. The van der Waals surface area contributed by atoms with E-state index in [9.17, 15) is 4.79 Å². The summed E-state index contributed by atoms with van der Waals surface area (Å²) in [6.07, 6.45) is 0. The smallest absolute Gasteiger partial charge is 0.266 e. The minimum atomic E-state index is -0.212. The van der Waals surface area contributed by atoms with Crippen LogP contribution in [0.5, 0.6) is 0 Å². The quantitative estimate of drug-likeness (QED) is 0.677. The first kappa shape index (κ1) is 12.8. The van der Waals surface area contributed by atoms with E-state index in [1.54, 1.807) is 19.1 Å². The third-order valence-corrected chi connectivity index (χ3v) is 3.53. The number of carbonyl (C=O) groups is 1. The lowest BCUT2D eigenvalue weighted by Gasteiger charge is -2.03. The summed E-state index contributed by atoms with van der Waals surface area (Å²) < 4.78 is 0. The first-order valence-electron chi connectivity index (χ1n) is 5.31. The summed E-state index contributed by atoms with van der Waals surface area (Å²) in [4.78, 5) is 12.3. The molecule has 1 amide bonds. The number of hydrogen-bond donors (Lipinski definition) is 1. The van der Waals surface area contributed by atoms with E-state index in [0.717, 1.165) is 5.56 Å². The molecule has 0 atom stereocenters. The third kappa shape index (κ3) is 2.97. The Morgan fingerprint density at radius 3 is 2.72 bits per heavy atom.